The summed E-state index contributed by atoms with van der Waals surface area (Å²) in [7, 11) is 0. The number of ether oxygens (including phenoxy) is 1. The molecular weight excluding hydrogens is 326 g/mol. The smallest absolute Gasteiger partial charge is 0.417 e. The van der Waals surface area contributed by atoms with Gasteiger partial charge in [-0.15, -0.1) is 0 Å². The van der Waals surface area contributed by atoms with Gasteiger partial charge in [-0.2, -0.15) is 0 Å². The first-order chi connectivity index (χ1) is 11.2. The van der Waals surface area contributed by atoms with Gasteiger partial charge in [-0.25, -0.2) is 14.7 Å². The van der Waals surface area contributed by atoms with E-state index < -0.39 is 5.60 Å². The minimum atomic E-state index is -0.550. The summed E-state index contributed by atoms with van der Waals surface area (Å²) >= 11 is 6.17. The van der Waals surface area contributed by atoms with E-state index in [2.05, 4.69) is 16.9 Å². The van der Waals surface area contributed by atoms with Gasteiger partial charge in [0, 0.05) is 11.6 Å². The number of hydrogen-bond acceptors (Lipinski definition) is 3. The maximum absolute atomic E-state index is 12.6. The van der Waals surface area contributed by atoms with E-state index in [0.29, 0.717) is 17.5 Å². The second-order valence-corrected chi connectivity index (χ2v) is 7.38. The lowest BCUT2D eigenvalue weighted by Crippen LogP contribution is -2.38. The molecule has 0 aliphatic carbocycles. The number of rotatable bonds is 5. The van der Waals surface area contributed by atoms with Crippen LogP contribution in [-0.2, 0) is 4.74 Å². The number of benzene rings is 1. The standard InChI is InChI=1S/C18H26ClN3O2/c1-6-7-8-11-22(17(23)24-18(3,4)5)16-20-14-10-9-13(19)12(2)15(14)21-16/h9-10H,6-8,11H2,1-5H3,(H,20,21). The Hall–Kier alpha value is -1.75. The number of aromatic nitrogens is 2. The molecule has 1 amide bonds. The molecule has 2 rings (SSSR count). The van der Waals surface area contributed by atoms with Crippen molar-refractivity contribution in [2.45, 2.75) is 59.5 Å². The lowest BCUT2D eigenvalue weighted by atomic mass is 10.2. The fourth-order valence-electron chi connectivity index (χ4n) is 2.42. The third-order valence-corrected chi connectivity index (χ3v) is 4.09. The Morgan fingerprint density at radius 3 is 2.67 bits per heavy atom. The predicted octanol–water partition coefficient (Wildman–Crippen LogP) is 5.46. The number of nitrogens with one attached hydrogen (secondary N) is 1. The van der Waals surface area contributed by atoms with Gasteiger partial charge in [-0.05, 0) is 51.8 Å². The zero-order chi connectivity index (χ0) is 17.9. The summed E-state index contributed by atoms with van der Waals surface area (Å²) in [6.45, 7) is 10.2. The molecule has 0 atom stereocenters. The fourth-order valence-corrected chi connectivity index (χ4v) is 2.58. The van der Waals surface area contributed by atoms with Gasteiger partial charge in [0.25, 0.3) is 0 Å². The van der Waals surface area contributed by atoms with Crippen LogP contribution in [0.2, 0.25) is 5.02 Å². The number of aromatic amines is 1. The van der Waals surface area contributed by atoms with Crippen molar-refractivity contribution in [3.63, 3.8) is 0 Å². The van der Waals surface area contributed by atoms with Gasteiger partial charge >= 0.3 is 6.09 Å². The molecule has 0 fully saturated rings. The second kappa shape index (κ2) is 7.43. The molecule has 1 aromatic carbocycles. The van der Waals surface area contributed by atoms with Crippen molar-refractivity contribution >= 4 is 34.7 Å². The molecule has 132 valence electrons. The summed E-state index contributed by atoms with van der Waals surface area (Å²) < 4.78 is 5.54. The number of carbonyl (C=O) groups is 1. The van der Waals surface area contributed by atoms with Crippen LogP contribution in [0.4, 0.5) is 10.7 Å². The highest BCUT2D eigenvalue weighted by atomic mass is 35.5. The van der Waals surface area contributed by atoms with Gasteiger partial charge in [0.2, 0.25) is 5.95 Å². The van der Waals surface area contributed by atoms with E-state index in [1.807, 2.05) is 39.8 Å². The van der Waals surface area contributed by atoms with Crippen molar-refractivity contribution in [1.29, 1.82) is 0 Å². The van der Waals surface area contributed by atoms with E-state index >= 15 is 0 Å². The Morgan fingerprint density at radius 1 is 1.33 bits per heavy atom. The number of amides is 1. The van der Waals surface area contributed by atoms with Crippen molar-refractivity contribution in [2.75, 3.05) is 11.4 Å². The van der Waals surface area contributed by atoms with Crippen LogP contribution in [0, 0.1) is 6.92 Å². The highest BCUT2D eigenvalue weighted by Crippen LogP contribution is 2.27. The molecule has 0 saturated carbocycles. The molecule has 2 aromatic rings. The molecule has 24 heavy (non-hydrogen) atoms. The molecular formula is C18H26ClN3O2. The Bertz CT molecular complexity index is 719. The molecule has 0 radical (unpaired) electrons. The maximum atomic E-state index is 12.6. The molecule has 0 saturated heterocycles. The van der Waals surface area contributed by atoms with E-state index in [1.165, 1.54) is 0 Å². The minimum Gasteiger partial charge on any atom is -0.443 e. The summed E-state index contributed by atoms with van der Waals surface area (Å²) in [5.74, 6) is 0.501. The van der Waals surface area contributed by atoms with E-state index in [1.54, 1.807) is 4.90 Å². The average Bonchev–Trinajstić information content (AvgIpc) is 2.90. The summed E-state index contributed by atoms with van der Waals surface area (Å²) in [6, 6.07) is 3.70. The number of H-pyrrole nitrogens is 1. The van der Waals surface area contributed by atoms with Crippen LogP contribution in [0.5, 0.6) is 0 Å². The third kappa shape index (κ3) is 4.41. The van der Waals surface area contributed by atoms with Crippen LogP contribution in [-0.4, -0.2) is 28.2 Å². The van der Waals surface area contributed by atoms with Gasteiger partial charge in [0.05, 0.1) is 11.0 Å². The monoisotopic (exact) mass is 351 g/mol. The highest BCUT2D eigenvalue weighted by molar-refractivity contribution is 6.32. The first kappa shape index (κ1) is 18.6. The number of anilines is 1. The Morgan fingerprint density at radius 2 is 2.04 bits per heavy atom. The Labute approximate surface area is 148 Å². The average molecular weight is 352 g/mol. The quantitative estimate of drug-likeness (QED) is 0.728. The van der Waals surface area contributed by atoms with Gasteiger partial charge in [0.1, 0.15) is 5.60 Å². The molecule has 0 aliphatic rings. The molecule has 1 heterocycles. The van der Waals surface area contributed by atoms with Crippen LogP contribution in [0.25, 0.3) is 11.0 Å². The topological polar surface area (TPSA) is 58.2 Å². The van der Waals surface area contributed by atoms with Gasteiger partial charge < -0.3 is 9.72 Å². The molecule has 1 N–H and O–H groups in total. The molecule has 5 nitrogen and oxygen atoms in total. The molecule has 0 bridgehead atoms. The number of imidazole rings is 1. The number of aryl methyl sites for hydroxylation is 1. The Balaban J connectivity index is 2.35. The summed E-state index contributed by atoms with van der Waals surface area (Å²) in [5.41, 5.74) is 1.98. The number of hydrogen-bond donors (Lipinski definition) is 1. The largest absolute Gasteiger partial charge is 0.443 e. The molecule has 0 aliphatic heterocycles. The molecule has 0 unspecified atom stereocenters. The van der Waals surface area contributed by atoms with Crippen molar-refractivity contribution in [3.05, 3.63) is 22.7 Å². The van der Waals surface area contributed by atoms with Crippen LogP contribution in [0.3, 0.4) is 0 Å². The van der Waals surface area contributed by atoms with Gasteiger partial charge in [-0.1, -0.05) is 31.4 Å². The fraction of sp³-hybridized carbons (Fsp3) is 0.556. The van der Waals surface area contributed by atoms with E-state index in [4.69, 9.17) is 16.3 Å². The number of nitrogens with zero attached hydrogens (tertiary/aromatic N) is 2. The van der Waals surface area contributed by atoms with E-state index in [0.717, 1.165) is 35.9 Å². The summed E-state index contributed by atoms with van der Waals surface area (Å²) in [4.78, 5) is 22.0. The number of carbonyl (C=O) groups excluding carboxylic acids is 1. The summed E-state index contributed by atoms with van der Waals surface area (Å²) in [5, 5.41) is 0.662. The van der Waals surface area contributed by atoms with Crippen LogP contribution in [0.15, 0.2) is 12.1 Å². The predicted molar refractivity (Wildman–Crippen MR) is 98.9 cm³/mol. The zero-order valence-electron chi connectivity index (χ0n) is 15.1. The minimum absolute atomic E-state index is 0.388. The van der Waals surface area contributed by atoms with Gasteiger partial charge in [0.15, 0.2) is 0 Å². The first-order valence-corrected chi connectivity index (χ1v) is 8.76. The maximum Gasteiger partial charge on any atom is 0.417 e. The number of halogens is 1. The van der Waals surface area contributed by atoms with Gasteiger partial charge in [-0.3, -0.25) is 0 Å². The lowest BCUT2D eigenvalue weighted by molar-refractivity contribution is 0.0577. The highest BCUT2D eigenvalue weighted by Gasteiger charge is 2.25. The van der Waals surface area contributed by atoms with E-state index in [-0.39, 0.29) is 6.09 Å². The SMILES string of the molecule is CCCCCN(C(=O)OC(C)(C)C)c1nc2c(C)c(Cl)ccc2[nH]1. The summed E-state index contributed by atoms with van der Waals surface area (Å²) in [6.07, 6.45) is 2.63. The number of unbranched alkanes of at least 4 members (excludes halogenated alkanes) is 2. The lowest BCUT2D eigenvalue weighted by Gasteiger charge is -2.25. The van der Waals surface area contributed by atoms with Crippen molar-refractivity contribution < 1.29 is 9.53 Å². The molecule has 6 heteroatoms. The zero-order valence-corrected chi connectivity index (χ0v) is 15.8. The molecule has 0 spiro atoms. The first-order valence-electron chi connectivity index (χ1n) is 8.38. The normalized spacial score (nSPS) is 11.8. The van der Waals surface area contributed by atoms with Crippen molar-refractivity contribution in [1.82, 2.24) is 9.97 Å². The van der Waals surface area contributed by atoms with Crippen LogP contribution < -0.4 is 4.90 Å². The second-order valence-electron chi connectivity index (χ2n) is 6.97. The van der Waals surface area contributed by atoms with Crippen LogP contribution >= 0.6 is 11.6 Å². The van der Waals surface area contributed by atoms with Crippen molar-refractivity contribution in [3.8, 4) is 0 Å². The van der Waals surface area contributed by atoms with Crippen molar-refractivity contribution in [2.24, 2.45) is 0 Å². The third-order valence-electron chi connectivity index (χ3n) is 3.68. The Kier molecular flexibility index (Phi) is 5.75. The van der Waals surface area contributed by atoms with Crippen LogP contribution in [0.1, 0.15) is 52.5 Å². The van der Waals surface area contributed by atoms with E-state index in [9.17, 15) is 4.79 Å². The number of fused-ring (bicyclic) bond motifs is 1. The molecule has 1 aromatic heterocycles.